The van der Waals surface area contributed by atoms with Gasteiger partial charge in [0.15, 0.2) is 5.11 Å². The third-order valence-electron chi connectivity index (χ3n) is 3.52. The molecule has 0 aliphatic rings. The summed E-state index contributed by atoms with van der Waals surface area (Å²) in [6, 6.07) is 11.9. The first-order valence-corrected chi connectivity index (χ1v) is 9.92. The van der Waals surface area contributed by atoms with E-state index in [1.54, 1.807) is 49.6 Å². The van der Waals surface area contributed by atoms with Crippen LogP contribution in [0.4, 0.5) is 0 Å². The van der Waals surface area contributed by atoms with Crippen molar-refractivity contribution in [2.24, 2.45) is 0 Å². The fourth-order valence-electron chi connectivity index (χ4n) is 2.19. The summed E-state index contributed by atoms with van der Waals surface area (Å²) in [5.74, 6) is 0.321. The largest absolute Gasteiger partial charge is 0.496 e. The van der Waals surface area contributed by atoms with Crippen molar-refractivity contribution < 1.29 is 19.1 Å². The van der Waals surface area contributed by atoms with Crippen LogP contribution < -0.4 is 25.6 Å². The highest BCUT2D eigenvalue weighted by atomic mass is 127. The van der Waals surface area contributed by atoms with Gasteiger partial charge in [0.05, 0.1) is 22.9 Å². The lowest BCUT2D eigenvalue weighted by Gasteiger charge is -2.13. The monoisotopic (exact) mass is 513 g/mol. The summed E-state index contributed by atoms with van der Waals surface area (Å²) in [6.45, 7) is 2.49. The third-order valence-corrected chi connectivity index (χ3v) is 4.57. The molecule has 9 heteroatoms. The average Bonchev–Trinajstić information content (AvgIpc) is 2.70. The van der Waals surface area contributed by atoms with E-state index in [2.05, 4.69) is 38.8 Å². The Kier molecular flexibility index (Phi) is 8.45. The molecule has 0 unspecified atom stereocenters. The summed E-state index contributed by atoms with van der Waals surface area (Å²) in [4.78, 5) is 24.6. The smallest absolute Gasteiger partial charge is 0.273 e. The van der Waals surface area contributed by atoms with Gasteiger partial charge in [-0.3, -0.25) is 25.8 Å². The molecule has 2 aromatic carbocycles. The average molecular weight is 513 g/mol. The van der Waals surface area contributed by atoms with E-state index >= 15 is 0 Å². The van der Waals surface area contributed by atoms with Crippen LogP contribution in [-0.4, -0.2) is 30.6 Å². The summed E-state index contributed by atoms with van der Waals surface area (Å²) in [7, 11) is 1.56. The maximum atomic E-state index is 12.4. The van der Waals surface area contributed by atoms with Gasteiger partial charge in [0, 0.05) is 5.56 Å². The summed E-state index contributed by atoms with van der Waals surface area (Å²) in [5, 5.41) is 2.48. The number of methoxy groups -OCH3 is 1. The van der Waals surface area contributed by atoms with E-state index in [1.807, 2.05) is 6.92 Å². The molecule has 0 fully saturated rings. The quantitative estimate of drug-likeness (QED) is 0.313. The second-order valence-corrected chi connectivity index (χ2v) is 7.13. The Morgan fingerprint density at radius 1 is 1.07 bits per heavy atom. The van der Waals surface area contributed by atoms with E-state index in [0.29, 0.717) is 29.2 Å². The minimum absolute atomic E-state index is 0.0314. The molecule has 0 atom stereocenters. The molecule has 0 spiro atoms. The van der Waals surface area contributed by atoms with Gasteiger partial charge in [0.25, 0.3) is 11.8 Å². The van der Waals surface area contributed by atoms with Gasteiger partial charge in [-0.05, 0) is 71.6 Å². The predicted molar refractivity (Wildman–Crippen MR) is 119 cm³/mol. The fraction of sp³-hybridized carbons (Fsp3) is 0.211. The van der Waals surface area contributed by atoms with Crippen molar-refractivity contribution in [3.8, 4) is 11.5 Å². The first-order chi connectivity index (χ1) is 13.5. The molecule has 0 radical (unpaired) electrons. The van der Waals surface area contributed by atoms with E-state index in [9.17, 15) is 9.59 Å². The Bertz CT molecular complexity index is 876. The van der Waals surface area contributed by atoms with Gasteiger partial charge in [0.1, 0.15) is 11.5 Å². The number of hydrogen-bond acceptors (Lipinski definition) is 5. The Hall–Kier alpha value is -2.40. The molecule has 0 aliphatic carbocycles. The molecule has 0 saturated heterocycles. The molecule has 2 aromatic rings. The van der Waals surface area contributed by atoms with Gasteiger partial charge >= 0.3 is 0 Å². The number of ether oxygens (including phenoxy) is 2. The standard InChI is InChI=1S/C19H20IN3O4S/c1-3-10-27-15-7-5-4-6-13(15)18(25)22-23-19(28)21-17(24)12-8-9-16(26-2)14(20)11-12/h4-9,11H,3,10H2,1-2H3,(H,22,25)(H2,21,23,24,28). The molecular formula is C19H20IN3O4S. The predicted octanol–water partition coefficient (Wildman–Crippen LogP) is 3.04. The van der Waals surface area contributed by atoms with Crippen molar-refractivity contribution in [1.82, 2.24) is 16.2 Å². The van der Waals surface area contributed by atoms with Crippen LogP contribution in [0.2, 0.25) is 0 Å². The van der Waals surface area contributed by atoms with Crippen LogP contribution in [0, 0.1) is 3.57 Å². The number of nitrogens with one attached hydrogen (secondary N) is 3. The third kappa shape index (κ3) is 6.06. The van der Waals surface area contributed by atoms with E-state index in [-0.39, 0.29) is 5.11 Å². The van der Waals surface area contributed by atoms with E-state index in [0.717, 1.165) is 9.99 Å². The number of carbonyl (C=O) groups is 2. The second kappa shape index (κ2) is 10.8. The van der Waals surface area contributed by atoms with Crippen LogP contribution in [0.3, 0.4) is 0 Å². The normalized spacial score (nSPS) is 9.96. The van der Waals surface area contributed by atoms with Crippen molar-refractivity contribution in [2.45, 2.75) is 13.3 Å². The number of amides is 2. The van der Waals surface area contributed by atoms with Gasteiger partial charge in [-0.15, -0.1) is 0 Å². The molecule has 0 bridgehead atoms. The van der Waals surface area contributed by atoms with Crippen LogP contribution >= 0.6 is 34.8 Å². The van der Waals surface area contributed by atoms with Gasteiger partial charge in [-0.25, -0.2) is 0 Å². The zero-order valence-corrected chi connectivity index (χ0v) is 18.3. The summed E-state index contributed by atoms with van der Waals surface area (Å²) in [5.41, 5.74) is 5.75. The van der Waals surface area contributed by atoms with Gasteiger partial charge in [0.2, 0.25) is 0 Å². The number of halogens is 1. The summed E-state index contributed by atoms with van der Waals surface area (Å²) in [6.07, 6.45) is 0.828. The molecule has 3 N–H and O–H groups in total. The lowest BCUT2D eigenvalue weighted by Crippen LogP contribution is -2.48. The highest BCUT2D eigenvalue weighted by Crippen LogP contribution is 2.21. The molecule has 2 rings (SSSR count). The number of hydrazine groups is 1. The van der Waals surface area contributed by atoms with Crippen LogP contribution in [0.15, 0.2) is 42.5 Å². The minimum Gasteiger partial charge on any atom is -0.496 e. The maximum Gasteiger partial charge on any atom is 0.273 e. The summed E-state index contributed by atoms with van der Waals surface area (Å²) >= 11 is 7.14. The van der Waals surface area contributed by atoms with E-state index in [1.165, 1.54) is 0 Å². The van der Waals surface area contributed by atoms with Crippen LogP contribution in [-0.2, 0) is 0 Å². The van der Waals surface area contributed by atoms with Crippen molar-refractivity contribution >= 4 is 51.7 Å². The first kappa shape index (κ1) is 21.9. The lowest BCUT2D eigenvalue weighted by molar-refractivity contribution is 0.0931. The maximum absolute atomic E-state index is 12.4. The number of thiocarbonyl (C=S) groups is 1. The lowest BCUT2D eigenvalue weighted by atomic mass is 10.2. The summed E-state index contributed by atoms with van der Waals surface area (Å²) < 4.78 is 11.5. The number of hydrogen-bond donors (Lipinski definition) is 3. The molecule has 7 nitrogen and oxygen atoms in total. The number of rotatable bonds is 6. The van der Waals surface area contributed by atoms with Crippen molar-refractivity contribution in [3.63, 3.8) is 0 Å². The molecule has 148 valence electrons. The molecule has 28 heavy (non-hydrogen) atoms. The Labute approximate surface area is 182 Å². The van der Waals surface area contributed by atoms with Crippen molar-refractivity contribution in [3.05, 3.63) is 57.2 Å². The van der Waals surface area contributed by atoms with Crippen molar-refractivity contribution in [2.75, 3.05) is 13.7 Å². The Morgan fingerprint density at radius 2 is 1.82 bits per heavy atom. The molecule has 0 aromatic heterocycles. The SMILES string of the molecule is CCCOc1ccccc1C(=O)NNC(=S)NC(=O)c1ccc(OC)c(I)c1. The Balaban J connectivity index is 1.92. The molecule has 0 aliphatic heterocycles. The fourth-order valence-corrected chi connectivity index (χ4v) is 3.07. The highest BCUT2D eigenvalue weighted by molar-refractivity contribution is 14.1. The van der Waals surface area contributed by atoms with Crippen LogP contribution in [0.5, 0.6) is 11.5 Å². The topological polar surface area (TPSA) is 88.7 Å². The molecular weight excluding hydrogens is 493 g/mol. The van der Waals surface area contributed by atoms with Gasteiger partial charge < -0.3 is 9.47 Å². The zero-order valence-electron chi connectivity index (χ0n) is 15.4. The van der Waals surface area contributed by atoms with Crippen LogP contribution in [0.25, 0.3) is 0 Å². The highest BCUT2D eigenvalue weighted by Gasteiger charge is 2.14. The molecule has 0 heterocycles. The number of carbonyl (C=O) groups excluding carboxylic acids is 2. The minimum atomic E-state index is -0.428. The molecule has 0 saturated carbocycles. The van der Waals surface area contributed by atoms with Crippen LogP contribution in [0.1, 0.15) is 34.1 Å². The van der Waals surface area contributed by atoms with E-state index < -0.39 is 11.8 Å². The van der Waals surface area contributed by atoms with Crippen molar-refractivity contribution in [1.29, 1.82) is 0 Å². The molecule has 2 amide bonds. The first-order valence-electron chi connectivity index (χ1n) is 8.43. The second-order valence-electron chi connectivity index (χ2n) is 5.56. The van der Waals surface area contributed by atoms with Gasteiger partial charge in [-0.1, -0.05) is 19.1 Å². The zero-order chi connectivity index (χ0) is 20.5. The number of benzene rings is 2. The van der Waals surface area contributed by atoms with E-state index in [4.69, 9.17) is 21.7 Å². The number of para-hydroxylation sites is 1. The van der Waals surface area contributed by atoms with Gasteiger partial charge in [-0.2, -0.15) is 0 Å². The Morgan fingerprint density at radius 3 is 2.50 bits per heavy atom.